The lowest BCUT2D eigenvalue weighted by molar-refractivity contribution is 0.0636. The largest absolute Gasteiger partial charge is 0.444 e. The van der Waals surface area contributed by atoms with E-state index in [9.17, 15) is 4.79 Å². The van der Waals surface area contributed by atoms with E-state index in [0.717, 1.165) is 37.2 Å². The smallest absolute Gasteiger partial charge is 0.412 e. The predicted molar refractivity (Wildman–Crippen MR) is 122 cm³/mol. The van der Waals surface area contributed by atoms with Crippen LogP contribution in [-0.4, -0.2) is 61.8 Å². The molecule has 3 rings (SSSR count). The van der Waals surface area contributed by atoms with E-state index in [0.29, 0.717) is 5.92 Å². The number of ether oxygens (including phenoxy) is 1. The summed E-state index contributed by atoms with van der Waals surface area (Å²) in [4.78, 5) is 18.8. The first-order valence-electron chi connectivity index (χ1n) is 11.1. The lowest BCUT2D eigenvalue weighted by Crippen LogP contribution is -2.41. The van der Waals surface area contributed by atoms with E-state index < -0.39 is 11.7 Å². The minimum Gasteiger partial charge on any atom is -0.444 e. The van der Waals surface area contributed by atoms with Gasteiger partial charge in [-0.25, -0.2) is 4.79 Å². The summed E-state index contributed by atoms with van der Waals surface area (Å²) in [7, 11) is 1.82. The molecule has 1 unspecified atom stereocenters. The van der Waals surface area contributed by atoms with Crippen molar-refractivity contribution >= 4 is 17.7 Å². The second kappa shape index (κ2) is 10.2. The molecule has 1 amide bonds. The Hall–Kier alpha value is -2.28. The van der Waals surface area contributed by atoms with Gasteiger partial charge in [0.05, 0.1) is 0 Å². The van der Waals surface area contributed by atoms with Crippen LogP contribution in [0.15, 0.2) is 29.3 Å². The minimum atomic E-state index is -0.503. The van der Waals surface area contributed by atoms with Gasteiger partial charge in [0.25, 0.3) is 0 Å². The standard InChI is InChI=1S/C23H37N5O2/c1-23(2,3)30-22(29)27-19-7-5-17(6-8-19)11-13-25-21(24-4)26-15-18-12-14-28(16-18)20-9-10-20/h5-8,18,20H,9-16H2,1-4H3,(H,27,29)(H2,24,25,26). The van der Waals surface area contributed by atoms with Gasteiger partial charge in [0, 0.05) is 38.4 Å². The Balaban J connectivity index is 1.34. The van der Waals surface area contributed by atoms with E-state index in [1.807, 2.05) is 52.1 Å². The molecular formula is C23H37N5O2. The molecule has 166 valence electrons. The van der Waals surface area contributed by atoms with E-state index in [-0.39, 0.29) is 0 Å². The molecule has 1 heterocycles. The molecule has 0 bridgehead atoms. The maximum absolute atomic E-state index is 11.8. The Labute approximate surface area is 180 Å². The maximum atomic E-state index is 11.8. The minimum absolute atomic E-state index is 0.436. The van der Waals surface area contributed by atoms with Crippen LogP contribution in [0.5, 0.6) is 0 Å². The second-order valence-electron chi connectivity index (χ2n) is 9.33. The zero-order chi connectivity index (χ0) is 21.6. The summed E-state index contributed by atoms with van der Waals surface area (Å²) in [5.74, 6) is 1.58. The molecule has 1 atom stereocenters. The highest BCUT2D eigenvalue weighted by molar-refractivity contribution is 5.84. The summed E-state index contributed by atoms with van der Waals surface area (Å²) in [5.41, 5.74) is 1.43. The van der Waals surface area contributed by atoms with E-state index in [1.54, 1.807) is 0 Å². The molecule has 1 aliphatic carbocycles. The number of hydrogen-bond acceptors (Lipinski definition) is 4. The van der Waals surface area contributed by atoms with Crippen LogP contribution in [0.1, 0.15) is 45.6 Å². The first kappa shape index (κ1) is 22.4. The zero-order valence-electron chi connectivity index (χ0n) is 18.8. The van der Waals surface area contributed by atoms with Crippen molar-refractivity contribution in [3.63, 3.8) is 0 Å². The van der Waals surface area contributed by atoms with Crippen LogP contribution in [0.4, 0.5) is 10.5 Å². The van der Waals surface area contributed by atoms with E-state index in [4.69, 9.17) is 4.74 Å². The Morgan fingerprint density at radius 3 is 2.53 bits per heavy atom. The summed E-state index contributed by atoms with van der Waals surface area (Å²) in [6.07, 6.45) is 4.51. The Morgan fingerprint density at radius 2 is 1.90 bits per heavy atom. The van der Waals surface area contributed by atoms with Gasteiger partial charge in [-0.1, -0.05) is 12.1 Å². The third-order valence-electron chi connectivity index (χ3n) is 5.47. The molecule has 0 aromatic heterocycles. The van der Waals surface area contributed by atoms with Crippen molar-refractivity contribution in [1.82, 2.24) is 15.5 Å². The van der Waals surface area contributed by atoms with Crippen molar-refractivity contribution < 1.29 is 9.53 Å². The molecule has 2 fully saturated rings. The van der Waals surface area contributed by atoms with Gasteiger partial charge in [0.1, 0.15) is 5.60 Å². The van der Waals surface area contributed by atoms with Crippen LogP contribution in [-0.2, 0) is 11.2 Å². The molecule has 30 heavy (non-hydrogen) atoms. The fourth-order valence-corrected chi connectivity index (χ4v) is 3.76. The average molecular weight is 416 g/mol. The monoisotopic (exact) mass is 415 g/mol. The quantitative estimate of drug-likeness (QED) is 0.471. The number of likely N-dealkylation sites (tertiary alicyclic amines) is 1. The van der Waals surface area contributed by atoms with Gasteiger partial charge in [-0.05, 0) is 76.6 Å². The Bertz CT molecular complexity index is 722. The summed E-state index contributed by atoms with van der Waals surface area (Å²) in [6, 6.07) is 8.72. The van der Waals surface area contributed by atoms with E-state index in [1.165, 1.54) is 37.9 Å². The van der Waals surface area contributed by atoms with Gasteiger partial charge in [0.15, 0.2) is 5.96 Å². The predicted octanol–water partition coefficient (Wildman–Crippen LogP) is 3.23. The number of nitrogens with one attached hydrogen (secondary N) is 3. The highest BCUT2D eigenvalue weighted by Crippen LogP contribution is 2.31. The van der Waals surface area contributed by atoms with Crippen LogP contribution >= 0.6 is 0 Å². The molecule has 7 heteroatoms. The van der Waals surface area contributed by atoms with Crippen LogP contribution in [0.25, 0.3) is 0 Å². The Morgan fingerprint density at radius 1 is 1.17 bits per heavy atom. The zero-order valence-corrected chi connectivity index (χ0v) is 18.8. The van der Waals surface area contributed by atoms with Gasteiger partial charge < -0.3 is 20.3 Å². The molecule has 0 radical (unpaired) electrons. The average Bonchev–Trinajstić information content (AvgIpc) is 3.42. The number of anilines is 1. The van der Waals surface area contributed by atoms with Crippen LogP contribution in [0.3, 0.4) is 0 Å². The summed E-state index contributed by atoms with van der Waals surface area (Å²) in [6.45, 7) is 9.80. The molecule has 1 aromatic rings. The SMILES string of the molecule is CN=C(NCCc1ccc(NC(=O)OC(C)(C)C)cc1)NCC1CCN(C2CC2)C1. The molecular weight excluding hydrogens is 378 g/mol. The molecule has 1 saturated heterocycles. The maximum Gasteiger partial charge on any atom is 0.412 e. The van der Waals surface area contributed by atoms with E-state index in [2.05, 4.69) is 25.8 Å². The van der Waals surface area contributed by atoms with Crippen LogP contribution in [0, 0.1) is 5.92 Å². The fraction of sp³-hybridized carbons (Fsp3) is 0.652. The number of rotatable bonds is 7. The Kier molecular flexibility index (Phi) is 7.58. The summed E-state index contributed by atoms with van der Waals surface area (Å²) in [5, 5.41) is 9.63. The highest BCUT2D eigenvalue weighted by atomic mass is 16.6. The fourth-order valence-electron chi connectivity index (χ4n) is 3.76. The molecule has 1 saturated carbocycles. The third kappa shape index (κ3) is 7.52. The first-order valence-corrected chi connectivity index (χ1v) is 11.1. The van der Waals surface area contributed by atoms with Crippen molar-refractivity contribution in [2.24, 2.45) is 10.9 Å². The number of amides is 1. The molecule has 0 spiro atoms. The van der Waals surface area contributed by atoms with E-state index >= 15 is 0 Å². The topological polar surface area (TPSA) is 78.0 Å². The number of benzene rings is 1. The van der Waals surface area contributed by atoms with Crippen molar-refractivity contribution in [2.75, 3.05) is 38.5 Å². The van der Waals surface area contributed by atoms with Gasteiger partial charge in [-0.3, -0.25) is 10.3 Å². The summed E-state index contributed by atoms with van der Waals surface area (Å²) >= 11 is 0. The van der Waals surface area contributed by atoms with Crippen molar-refractivity contribution in [3.8, 4) is 0 Å². The van der Waals surface area contributed by atoms with Gasteiger partial charge in [-0.15, -0.1) is 0 Å². The van der Waals surface area contributed by atoms with Crippen molar-refractivity contribution in [2.45, 2.75) is 58.1 Å². The summed E-state index contributed by atoms with van der Waals surface area (Å²) < 4.78 is 5.27. The van der Waals surface area contributed by atoms with Crippen LogP contribution < -0.4 is 16.0 Å². The number of aliphatic imine (C=N–C) groups is 1. The molecule has 7 nitrogen and oxygen atoms in total. The van der Waals surface area contributed by atoms with Gasteiger partial charge in [0.2, 0.25) is 0 Å². The molecule has 1 aliphatic heterocycles. The lowest BCUT2D eigenvalue weighted by atomic mass is 10.1. The molecule has 2 aliphatic rings. The number of carbonyl (C=O) groups is 1. The molecule has 1 aromatic carbocycles. The normalized spacial score (nSPS) is 20.1. The number of nitrogens with zero attached hydrogens (tertiary/aromatic N) is 2. The lowest BCUT2D eigenvalue weighted by Gasteiger charge is -2.19. The first-order chi connectivity index (χ1) is 14.3. The number of hydrogen-bond donors (Lipinski definition) is 3. The number of carbonyl (C=O) groups excluding carboxylic acids is 1. The van der Waals surface area contributed by atoms with Crippen LogP contribution in [0.2, 0.25) is 0 Å². The second-order valence-corrected chi connectivity index (χ2v) is 9.33. The van der Waals surface area contributed by atoms with Gasteiger partial charge in [-0.2, -0.15) is 0 Å². The van der Waals surface area contributed by atoms with Gasteiger partial charge >= 0.3 is 6.09 Å². The highest BCUT2D eigenvalue weighted by Gasteiger charge is 2.34. The van der Waals surface area contributed by atoms with Crippen molar-refractivity contribution in [3.05, 3.63) is 29.8 Å². The molecule has 3 N–H and O–H groups in total. The third-order valence-corrected chi connectivity index (χ3v) is 5.47. The number of guanidine groups is 1. The van der Waals surface area contributed by atoms with Crippen molar-refractivity contribution in [1.29, 1.82) is 0 Å².